The number of hydrogen-bond donors (Lipinski definition) is 1. The molecule has 1 aromatic carbocycles. The number of nitrogen functional groups attached to an aromatic ring is 1. The van der Waals surface area contributed by atoms with Crippen LogP contribution in [0.2, 0.25) is 0 Å². The lowest BCUT2D eigenvalue weighted by atomic mass is 10.0. The number of nitrogens with two attached hydrogens (primary N) is 1. The molecule has 0 unspecified atom stereocenters. The highest BCUT2D eigenvalue weighted by molar-refractivity contribution is 7.90. The molecule has 0 fully saturated rings. The van der Waals surface area contributed by atoms with Crippen LogP contribution in [0.3, 0.4) is 0 Å². The third-order valence-electron chi connectivity index (χ3n) is 3.61. The summed E-state index contributed by atoms with van der Waals surface area (Å²) in [6.45, 7) is 4.24. The maximum Gasteiger partial charge on any atom is 0.304 e. The minimum absolute atomic E-state index is 0.0727. The molecule has 1 aromatic rings. The van der Waals surface area contributed by atoms with Gasteiger partial charge in [0.15, 0.2) is 0 Å². The summed E-state index contributed by atoms with van der Waals surface area (Å²) in [4.78, 5) is 0. The number of nitrogens with zero attached hydrogens (tertiary/aromatic N) is 2. The summed E-state index contributed by atoms with van der Waals surface area (Å²) in [5.41, 5.74) is 8.28. The highest BCUT2D eigenvalue weighted by Gasteiger charge is 2.32. The van der Waals surface area contributed by atoms with Crippen molar-refractivity contribution in [1.82, 2.24) is 4.31 Å². The lowest BCUT2D eigenvalue weighted by molar-refractivity contribution is 0.407. The summed E-state index contributed by atoms with van der Waals surface area (Å²) >= 11 is 0. The number of hydrogen-bond acceptors (Lipinski definition) is 3. The molecule has 1 heterocycles. The molecule has 2 rings (SSSR count). The van der Waals surface area contributed by atoms with Crippen LogP contribution < -0.4 is 10.0 Å². The monoisotopic (exact) mass is 283 g/mol. The normalized spacial score (nSPS) is 15.9. The zero-order valence-corrected chi connectivity index (χ0v) is 12.4. The van der Waals surface area contributed by atoms with Crippen molar-refractivity contribution in [3.63, 3.8) is 0 Å². The van der Waals surface area contributed by atoms with Crippen molar-refractivity contribution in [1.29, 1.82) is 0 Å². The van der Waals surface area contributed by atoms with Gasteiger partial charge in [-0.05, 0) is 44.4 Å². The molecule has 6 heteroatoms. The zero-order chi connectivity index (χ0) is 14.2. The predicted octanol–water partition coefficient (Wildman–Crippen LogP) is 1.61. The molecule has 0 radical (unpaired) electrons. The van der Waals surface area contributed by atoms with Crippen LogP contribution in [0.25, 0.3) is 0 Å². The molecular formula is C13H21N3O2S. The first kappa shape index (κ1) is 14.1. The third-order valence-corrected chi connectivity index (χ3v) is 5.70. The van der Waals surface area contributed by atoms with Gasteiger partial charge in [0.2, 0.25) is 0 Å². The molecule has 1 aliphatic heterocycles. The lowest BCUT2D eigenvalue weighted by Gasteiger charge is -2.35. The first-order valence-corrected chi connectivity index (χ1v) is 7.88. The van der Waals surface area contributed by atoms with Crippen molar-refractivity contribution >= 4 is 21.6 Å². The van der Waals surface area contributed by atoms with Crippen LogP contribution >= 0.6 is 0 Å². The quantitative estimate of drug-likeness (QED) is 0.857. The van der Waals surface area contributed by atoms with Crippen molar-refractivity contribution in [3.05, 3.63) is 23.8 Å². The van der Waals surface area contributed by atoms with E-state index in [2.05, 4.69) is 0 Å². The molecule has 0 spiro atoms. The van der Waals surface area contributed by atoms with E-state index in [1.807, 2.05) is 26.0 Å². The third kappa shape index (κ3) is 2.42. The molecule has 5 nitrogen and oxygen atoms in total. The first-order valence-electron chi connectivity index (χ1n) is 6.48. The molecule has 0 saturated heterocycles. The van der Waals surface area contributed by atoms with Crippen LogP contribution in [0.15, 0.2) is 18.2 Å². The Morgan fingerprint density at radius 3 is 2.68 bits per heavy atom. The molecule has 0 saturated carbocycles. The summed E-state index contributed by atoms with van der Waals surface area (Å²) in [7, 11) is -1.87. The topological polar surface area (TPSA) is 66.6 Å². The Morgan fingerprint density at radius 1 is 1.37 bits per heavy atom. The molecule has 106 valence electrons. The Bertz CT molecular complexity index is 569. The number of fused-ring (bicyclic) bond motifs is 1. The van der Waals surface area contributed by atoms with E-state index in [9.17, 15) is 8.42 Å². The van der Waals surface area contributed by atoms with E-state index in [-0.39, 0.29) is 6.04 Å². The second-order valence-electron chi connectivity index (χ2n) is 5.14. The molecule has 0 atom stereocenters. The smallest absolute Gasteiger partial charge is 0.304 e. The van der Waals surface area contributed by atoms with Crippen LogP contribution in [-0.4, -0.2) is 32.4 Å². The second kappa shape index (κ2) is 5.02. The van der Waals surface area contributed by atoms with Gasteiger partial charge in [-0.25, -0.2) is 0 Å². The second-order valence-corrected chi connectivity index (χ2v) is 7.05. The van der Waals surface area contributed by atoms with Crippen LogP contribution in [0.5, 0.6) is 0 Å². The summed E-state index contributed by atoms with van der Waals surface area (Å²) in [6.07, 6.45) is 1.63. The van der Waals surface area contributed by atoms with Crippen molar-refractivity contribution in [2.45, 2.75) is 32.7 Å². The van der Waals surface area contributed by atoms with Crippen LogP contribution in [0.1, 0.15) is 25.8 Å². The summed E-state index contributed by atoms with van der Waals surface area (Å²) in [5, 5.41) is 0. The minimum atomic E-state index is -3.48. The molecule has 1 aliphatic rings. The van der Waals surface area contributed by atoms with E-state index in [1.54, 1.807) is 13.1 Å². The Kier molecular flexibility index (Phi) is 3.73. The molecule has 2 N–H and O–H groups in total. The Hall–Kier alpha value is -1.27. The van der Waals surface area contributed by atoms with Crippen LogP contribution in [-0.2, 0) is 16.6 Å². The average molecular weight is 283 g/mol. The van der Waals surface area contributed by atoms with E-state index in [0.29, 0.717) is 12.2 Å². The highest BCUT2D eigenvalue weighted by Crippen LogP contribution is 2.33. The lowest BCUT2D eigenvalue weighted by Crippen LogP contribution is -2.46. The Labute approximate surface area is 115 Å². The first-order chi connectivity index (χ1) is 8.85. The van der Waals surface area contributed by atoms with E-state index in [1.165, 1.54) is 8.61 Å². The maximum absolute atomic E-state index is 12.6. The Morgan fingerprint density at radius 2 is 2.05 bits per heavy atom. The molecule has 0 aliphatic carbocycles. The molecular weight excluding hydrogens is 262 g/mol. The number of rotatable bonds is 3. The van der Waals surface area contributed by atoms with Gasteiger partial charge in [-0.15, -0.1) is 0 Å². The zero-order valence-electron chi connectivity index (χ0n) is 11.6. The van der Waals surface area contributed by atoms with Crippen LogP contribution in [0, 0.1) is 0 Å². The van der Waals surface area contributed by atoms with Crippen molar-refractivity contribution in [2.75, 3.05) is 23.6 Å². The van der Waals surface area contributed by atoms with Gasteiger partial charge >= 0.3 is 10.2 Å². The fourth-order valence-corrected chi connectivity index (χ4v) is 3.90. The molecule has 0 bridgehead atoms. The average Bonchev–Trinajstić information content (AvgIpc) is 2.37. The van der Waals surface area contributed by atoms with Gasteiger partial charge in [-0.1, -0.05) is 6.07 Å². The number of benzene rings is 1. The highest BCUT2D eigenvalue weighted by atomic mass is 32.2. The van der Waals surface area contributed by atoms with Crippen molar-refractivity contribution in [2.24, 2.45) is 0 Å². The molecule has 0 amide bonds. The SMILES string of the molecule is CC(C)N(C)S(=O)(=O)N1CCCc2c(N)cccc21. The van der Waals surface area contributed by atoms with Crippen LogP contribution in [0.4, 0.5) is 11.4 Å². The molecule has 0 aromatic heterocycles. The van der Waals surface area contributed by atoms with Gasteiger partial charge in [-0.3, -0.25) is 4.31 Å². The van der Waals surface area contributed by atoms with Gasteiger partial charge in [0.05, 0.1) is 5.69 Å². The summed E-state index contributed by atoms with van der Waals surface area (Å²) in [5.74, 6) is 0. The van der Waals surface area contributed by atoms with E-state index in [4.69, 9.17) is 5.73 Å². The van der Waals surface area contributed by atoms with E-state index in [0.717, 1.165) is 24.1 Å². The van der Waals surface area contributed by atoms with Gasteiger partial charge < -0.3 is 5.73 Å². The maximum atomic E-state index is 12.6. The van der Waals surface area contributed by atoms with Gasteiger partial charge in [0, 0.05) is 25.3 Å². The predicted molar refractivity (Wildman–Crippen MR) is 78.3 cm³/mol. The molecule has 19 heavy (non-hydrogen) atoms. The van der Waals surface area contributed by atoms with Gasteiger partial charge in [-0.2, -0.15) is 12.7 Å². The fraction of sp³-hybridized carbons (Fsp3) is 0.538. The Balaban J connectivity index is 2.48. The van der Waals surface area contributed by atoms with E-state index >= 15 is 0 Å². The van der Waals surface area contributed by atoms with E-state index < -0.39 is 10.2 Å². The van der Waals surface area contributed by atoms with Crippen molar-refractivity contribution in [3.8, 4) is 0 Å². The minimum Gasteiger partial charge on any atom is -0.398 e. The standard InChI is InChI=1S/C13H21N3O2S/c1-10(2)15(3)19(17,18)16-9-5-6-11-12(14)7-4-8-13(11)16/h4,7-8,10H,5-6,9,14H2,1-3H3. The van der Waals surface area contributed by atoms with Crippen molar-refractivity contribution < 1.29 is 8.42 Å². The summed E-state index contributed by atoms with van der Waals surface area (Å²) in [6, 6.07) is 5.38. The van der Waals surface area contributed by atoms with Gasteiger partial charge in [0.25, 0.3) is 0 Å². The number of anilines is 2. The summed E-state index contributed by atoms with van der Waals surface area (Å²) < 4.78 is 28.1. The van der Waals surface area contributed by atoms with Gasteiger partial charge in [0.1, 0.15) is 0 Å². The fourth-order valence-electron chi connectivity index (χ4n) is 2.28. The largest absolute Gasteiger partial charge is 0.398 e.